The van der Waals surface area contributed by atoms with Crippen molar-refractivity contribution in [1.29, 1.82) is 0 Å². The van der Waals surface area contributed by atoms with E-state index in [0.29, 0.717) is 0 Å². The molecule has 224 valence electrons. The normalized spacial score (nSPS) is 21.6. The molecule has 14 heteroatoms. The molecule has 3 atom stereocenters. The Labute approximate surface area is 265 Å². The van der Waals surface area contributed by atoms with Crippen LogP contribution in [0.5, 0.6) is 0 Å². The molecule has 2 aliphatic rings. The van der Waals surface area contributed by atoms with E-state index in [0.717, 1.165) is 28.2 Å². The third-order valence-corrected chi connectivity index (χ3v) is 10.0. The van der Waals surface area contributed by atoms with Gasteiger partial charge in [-0.3, -0.25) is 14.4 Å². The van der Waals surface area contributed by atoms with E-state index in [-0.39, 0.29) is 29.0 Å². The van der Waals surface area contributed by atoms with Crippen molar-refractivity contribution in [2.24, 2.45) is 5.16 Å². The molecule has 44 heavy (non-hydrogen) atoms. The Morgan fingerprint density at radius 3 is 2.05 bits per heavy atom. The monoisotopic (exact) mass is 648 g/mol. The van der Waals surface area contributed by atoms with Crippen LogP contribution in [0.15, 0.2) is 96.2 Å². The van der Waals surface area contributed by atoms with Gasteiger partial charge < -0.3 is 25.9 Å². The van der Waals surface area contributed by atoms with Gasteiger partial charge in [-0.15, -0.1) is 23.4 Å². The molecule has 1 aromatic heterocycles. The lowest BCUT2D eigenvalue weighted by atomic mass is 9.80. The maximum Gasteiger partial charge on any atom is 0.327 e. The van der Waals surface area contributed by atoms with Gasteiger partial charge in [0.05, 0.1) is 6.54 Å². The highest BCUT2D eigenvalue weighted by atomic mass is 35.5. The number of nitrogens with two attached hydrogens (primary N) is 1. The predicted octanol–water partition coefficient (Wildman–Crippen LogP) is 3.30. The zero-order valence-electron chi connectivity index (χ0n) is 22.9. The van der Waals surface area contributed by atoms with E-state index in [2.05, 4.69) is 19.8 Å². The van der Waals surface area contributed by atoms with Crippen LogP contribution in [0.3, 0.4) is 0 Å². The number of carboxylic acids is 1. The number of rotatable bonds is 9. The van der Waals surface area contributed by atoms with Crippen LogP contribution in [0, 0.1) is 0 Å². The van der Waals surface area contributed by atoms with Crippen molar-refractivity contribution in [2.75, 3.05) is 18.0 Å². The van der Waals surface area contributed by atoms with Crippen LogP contribution in [0.25, 0.3) is 0 Å². The van der Waals surface area contributed by atoms with Gasteiger partial charge in [0, 0.05) is 34.0 Å². The molecule has 2 amide bonds. The van der Waals surface area contributed by atoms with Gasteiger partial charge >= 0.3 is 5.97 Å². The molecule has 3 aromatic carbocycles. The molecule has 1 unspecified atom stereocenters. The summed E-state index contributed by atoms with van der Waals surface area (Å²) in [5, 5.41) is 16.2. The summed E-state index contributed by atoms with van der Waals surface area (Å²) in [6.07, 6.45) is 0. The Bertz CT molecular complexity index is 1630. The summed E-state index contributed by atoms with van der Waals surface area (Å²) in [7, 11) is 0. The number of hydrogen-bond donors (Lipinski definition) is 3. The number of β-lactam (4-membered cyclic amide) rings is 1. The second-order valence-corrected chi connectivity index (χ2v) is 12.8. The fourth-order valence-electron chi connectivity index (χ4n) is 5.19. The molecule has 0 spiro atoms. The number of nitrogens with zero attached hydrogens (tertiary/aromatic N) is 4. The summed E-state index contributed by atoms with van der Waals surface area (Å²) in [6.45, 7) is -0.172. The Kier molecular flexibility index (Phi) is 8.01. The van der Waals surface area contributed by atoms with Gasteiger partial charge in [0.1, 0.15) is 11.4 Å². The summed E-state index contributed by atoms with van der Waals surface area (Å²) < 4.78 is 4.20. The number of benzene rings is 3. The minimum absolute atomic E-state index is 0.0622. The lowest BCUT2D eigenvalue weighted by molar-refractivity contribution is -0.151. The van der Waals surface area contributed by atoms with E-state index < -0.39 is 39.7 Å². The molecular formula is C30H25ClN6O5S2. The van der Waals surface area contributed by atoms with Crippen LogP contribution in [0.4, 0.5) is 5.13 Å². The topological polar surface area (TPSA) is 160 Å². The average Bonchev–Trinajstić information content (AvgIpc) is 3.48. The first-order valence-corrected chi connectivity index (χ1v) is 15.6. The lowest BCUT2D eigenvalue weighted by Gasteiger charge is -2.52. The first-order chi connectivity index (χ1) is 21.2. The number of halogens is 1. The third-order valence-electron chi connectivity index (χ3n) is 7.40. The molecule has 11 nitrogen and oxygen atoms in total. The van der Waals surface area contributed by atoms with Gasteiger partial charge in [0.15, 0.2) is 10.0 Å². The van der Waals surface area contributed by atoms with E-state index in [4.69, 9.17) is 22.2 Å². The Morgan fingerprint density at radius 1 is 1.02 bits per heavy atom. The number of carboxylic acid groups (broad SMARTS) is 1. The van der Waals surface area contributed by atoms with Gasteiger partial charge in [-0.2, -0.15) is 9.36 Å². The van der Waals surface area contributed by atoms with Crippen LogP contribution in [0.1, 0.15) is 22.5 Å². The molecule has 0 radical (unpaired) electrons. The number of carbonyl (C=O) groups excluding carboxylic acids is 2. The molecule has 0 aliphatic carbocycles. The second kappa shape index (κ2) is 11.9. The average molecular weight is 649 g/mol. The fourth-order valence-corrected chi connectivity index (χ4v) is 7.33. The van der Waals surface area contributed by atoms with Crippen LogP contribution in [-0.4, -0.2) is 71.4 Å². The van der Waals surface area contributed by atoms with Gasteiger partial charge in [0.2, 0.25) is 23.0 Å². The zero-order valence-corrected chi connectivity index (χ0v) is 25.3. The van der Waals surface area contributed by atoms with Crippen molar-refractivity contribution < 1.29 is 24.3 Å². The van der Waals surface area contributed by atoms with Crippen LogP contribution in [-0.2, 0) is 24.8 Å². The van der Waals surface area contributed by atoms with Crippen molar-refractivity contribution >= 4 is 63.5 Å². The minimum Gasteiger partial charge on any atom is -0.480 e. The van der Waals surface area contributed by atoms with Crippen LogP contribution < -0.4 is 11.1 Å². The SMILES string of the molecule is Nc1nc(C(=NOC(c2ccccc2)(c2ccccc2)c2ccccc2)C(=O)N[C@@H]2C(=O)N3CC(Cl)(C(=O)O)CS[C@H]23)ns1. The number of carbonyl (C=O) groups is 3. The lowest BCUT2D eigenvalue weighted by Crippen LogP contribution is -2.74. The van der Waals surface area contributed by atoms with Gasteiger partial charge in [-0.05, 0) is 0 Å². The molecular weight excluding hydrogens is 624 g/mol. The highest BCUT2D eigenvalue weighted by Crippen LogP contribution is 2.42. The maximum atomic E-state index is 13.8. The smallest absolute Gasteiger partial charge is 0.327 e. The van der Waals surface area contributed by atoms with Gasteiger partial charge in [0.25, 0.3) is 5.91 Å². The number of hydrogen-bond acceptors (Lipinski definition) is 10. The molecule has 0 saturated carbocycles. The zero-order chi connectivity index (χ0) is 30.9. The Morgan fingerprint density at radius 2 is 1.57 bits per heavy atom. The summed E-state index contributed by atoms with van der Waals surface area (Å²) in [5.41, 5.74) is 6.53. The standard InChI is InChI=1S/C30H25ClN6O5S2/c31-29(27(40)41)16-37-25(39)22(26(37)43-17-29)33-24(38)21(23-34-28(32)44-36-23)35-42-30(18-10-4-1-5-11-18,19-12-6-2-7-13-19)20-14-8-3-9-15-20/h1-15,22,26H,16-17H2,(H,33,38)(H,40,41)(H2,32,34,36)/t22-,26-,29?/m1/s1. The number of aliphatic carboxylic acids is 1. The number of anilines is 1. The van der Waals surface area contributed by atoms with E-state index in [1.165, 1.54) is 16.7 Å². The molecule has 6 rings (SSSR count). The largest absolute Gasteiger partial charge is 0.480 e. The first-order valence-electron chi connectivity index (χ1n) is 13.4. The van der Waals surface area contributed by atoms with Crippen molar-refractivity contribution in [1.82, 2.24) is 19.6 Å². The number of alkyl halides is 1. The van der Waals surface area contributed by atoms with Gasteiger partial charge in [-0.1, -0.05) is 96.2 Å². The number of thioether (sulfide) groups is 1. The van der Waals surface area contributed by atoms with Crippen molar-refractivity contribution in [2.45, 2.75) is 21.9 Å². The second-order valence-electron chi connectivity index (χ2n) is 10.2. The van der Waals surface area contributed by atoms with Gasteiger partial charge in [-0.25, -0.2) is 0 Å². The molecule has 4 N–H and O–H groups in total. The number of fused-ring (bicyclic) bond motifs is 1. The fraction of sp³-hybridized carbons (Fsp3) is 0.200. The van der Waals surface area contributed by atoms with E-state index in [9.17, 15) is 19.5 Å². The maximum absolute atomic E-state index is 13.8. The molecule has 2 saturated heterocycles. The minimum atomic E-state index is -1.59. The van der Waals surface area contributed by atoms with Crippen LogP contribution >= 0.6 is 34.9 Å². The molecule has 3 heterocycles. The summed E-state index contributed by atoms with van der Waals surface area (Å²) in [4.78, 5) is 48.8. The van der Waals surface area contributed by atoms with E-state index in [1.807, 2.05) is 91.0 Å². The number of nitrogen functional groups attached to an aromatic ring is 1. The number of oxime groups is 1. The number of amides is 2. The number of nitrogens with one attached hydrogen (secondary N) is 1. The summed E-state index contributed by atoms with van der Waals surface area (Å²) >= 11 is 8.29. The predicted molar refractivity (Wildman–Crippen MR) is 167 cm³/mol. The summed E-state index contributed by atoms with van der Waals surface area (Å²) in [6, 6.07) is 27.5. The van der Waals surface area contributed by atoms with Crippen molar-refractivity contribution in [3.63, 3.8) is 0 Å². The highest BCUT2D eigenvalue weighted by Gasteiger charge is 2.57. The highest BCUT2D eigenvalue weighted by molar-refractivity contribution is 8.00. The molecule has 0 bridgehead atoms. The molecule has 2 aliphatic heterocycles. The summed E-state index contributed by atoms with van der Waals surface area (Å²) in [5.74, 6) is -2.43. The molecule has 2 fully saturated rings. The van der Waals surface area contributed by atoms with Crippen LogP contribution in [0.2, 0.25) is 0 Å². The Hall–Kier alpha value is -4.46. The third kappa shape index (κ3) is 5.27. The van der Waals surface area contributed by atoms with Crippen molar-refractivity contribution in [3.8, 4) is 0 Å². The first kappa shape index (κ1) is 29.6. The number of aromatic nitrogens is 2. The molecule has 4 aromatic rings. The Balaban J connectivity index is 1.38. The van der Waals surface area contributed by atoms with E-state index >= 15 is 0 Å². The quantitative estimate of drug-likeness (QED) is 0.0813. The van der Waals surface area contributed by atoms with Crippen molar-refractivity contribution in [3.05, 3.63) is 114 Å². The van der Waals surface area contributed by atoms with E-state index in [1.54, 1.807) is 0 Å².